The highest BCUT2D eigenvalue weighted by molar-refractivity contribution is 6.34. The summed E-state index contributed by atoms with van der Waals surface area (Å²) in [5, 5.41) is 5.27. The van der Waals surface area contributed by atoms with Crippen LogP contribution in [0.15, 0.2) is 35.4 Å². The Balaban J connectivity index is 1.76. The molecule has 10 nitrogen and oxygen atoms in total. The van der Waals surface area contributed by atoms with E-state index in [-0.39, 0.29) is 27.8 Å². The minimum absolute atomic E-state index is 0.00664. The van der Waals surface area contributed by atoms with Crippen LogP contribution in [0.1, 0.15) is 26.5 Å². The maximum absolute atomic E-state index is 12.3. The van der Waals surface area contributed by atoms with E-state index in [1.807, 2.05) is 0 Å². The fourth-order valence-electron chi connectivity index (χ4n) is 2.45. The molecule has 3 aromatic rings. The molecule has 0 radical (unpaired) electrons. The van der Waals surface area contributed by atoms with E-state index in [0.29, 0.717) is 11.4 Å². The molecule has 0 aliphatic rings. The van der Waals surface area contributed by atoms with Crippen molar-refractivity contribution in [2.75, 3.05) is 5.32 Å². The van der Waals surface area contributed by atoms with Crippen molar-refractivity contribution in [2.45, 2.75) is 6.92 Å². The molecular formula is C17H15ClN6O4. The van der Waals surface area contributed by atoms with Crippen LogP contribution in [0.2, 0.25) is 5.02 Å². The number of nitrogens with two attached hydrogens (primary N) is 1. The molecule has 3 heterocycles. The quantitative estimate of drug-likeness (QED) is 0.591. The highest BCUT2D eigenvalue weighted by Gasteiger charge is 2.18. The molecule has 28 heavy (non-hydrogen) atoms. The third kappa shape index (κ3) is 3.71. The summed E-state index contributed by atoms with van der Waals surface area (Å²) in [5.41, 5.74) is 5.10. The average molecular weight is 403 g/mol. The number of H-pyrrole nitrogens is 1. The number of carbonyl (C=O) groups excluding carboxylic acids is 2. The molecule has 0 aliphatic carbocycles. The molecule has 0 aromatic carbocycles. The minimum Gasteiger partial charge on any atom is -0.454 e. The van der Waals surface area contributed by atoms with Gasteiger partial charge < -0.3 is 15.8 Å². The molecule has 0 unspecified atom stereocenters. The van der Waals surface area contributed by atoms with Crippen molar-refractivity contribution in [2.24, 2.45) is 12.8 Å². The van der Waals surface area contributed by atoms with Crippen LogP contribution >= 0.6 is 11.6 Å². The number of aromatic amines is 1. The van der Waals surface area contributed by atoms with Crippen LogP contribution in [0, 0.1) is 6.92 Å². The zero-order chi connectivity index (χ0) is 20.4. The Morgan fingerprint density at radius 2 is 2.04 bits per heavy atom. The molecule has 2 amide bonds. The monoisotopic (exact) mass is 402 g/mol. The molecule has 0 atom stereocenters. The Labute approximate surface area is 163 Å². The SMILES string of the molecule is Cc1[nH]n(C)c(=O)c1C(=O)Nc1ccc(Oc2ccnc(C(N)=O)c2Cl)cn1. The third-order valence-corrected chi connectivity index (χ3v) is 4.11. The van der Waals surface area contributed by atoms with E-state index in [4.69, 9.17) is 22.1 Å². The molecule has 3 rings (SSSR count). The van der Waals surface area contributed by atoms with Gasteiger partial charge in [-0.2, -0.15) is 0 Å². The zero-order valence-corrected chi connectivity index (χ0v) is 15.6. The molecule has 144 valence electrons. The first-order valence-corrected chi connectivity index (χ1v) is 8.31. The van der Waals surface area contributed by atoms with Crippen LogP contribution in [0.4, 0.5) is 5.82 Å². The molecule has 0 bridgehead atoms. The van der Waals surface area contributed by atoms with Gasteiger partial charge in [0.1, 0.15) is 33.6 Å². The molecule has 11 heteroatoms. The smallest absolute Gasteiger partial charge is 0.279 e. The minimum atomic E-state index is -0.780. The fraction of sp³-hybridized carbons (Fsp3) is 0.118. The van der Waals surface area contributed by atoms with Crippen LogP contribution in [-0.4, -0.2) is 31.6 Å². The summed E-state index contributed by atoms with van der Waals surface area (Å²) in [5.74, 6) is -0.661. The molecule has 4 N–H and O–H groups in total. The van der Waals surface area contributed by atoms with Gasteiger partial charge in [0, 0.05) is 25.0 Å². The van der Waals surface area contributed by atoms with E-state index in [1.165, 1.54) is 42.3 Å². The number of aromatic nitrogens is 4. The van der Waals surface area contributed by atoms with E-state index >= 15 is 0 Å². The van der Waals surface area contributed by atoms with E-state index in [0.717, 1.165) is 0 Å². The number of nitrogens with one attached hydrogen (secondary N) is 2. The molecule has 0 aliphatic heterocycles. The van der Waals surface area contributed by atoms with Crippen molar-refractivity contribution >= 4 is 29.2 Å². The summed E-state index contributed by atoms with van der Waals surface area (Å²) < 4.78 is 6.79. The van der Waals surface area contributed by atoms with Gasteiger partial charge in [-0.3, -0.25) is 24.2 Å². The highest BCUT2D eigenvalue weighted by atomic mass is 35.5. The van der Waals surface area contributed by atoms with Gasteiger partial charge in [-0.1, -0.05) is 11.6 Å². The summed E-state index contributed by atoms with van der Waals surface area (Å²) in [7, 11) is 1.52. The number of hydrogen-bond donors (Lipinski definition) is 3. The molecule has 0 spiro atoms. The number of rotatable bonds is 5. The normalized spacial score (nSPS) is 10.5. The molecular weight excluding hydrogens is 388 g/mol. The first-order valence-electron chi connectivity index (χ1n) is 7.93. The molecule has 0 saturated heterocycles. The number of amides is 2. The summed E-state index contributed by atoms with van der Waals surface area (Å²) in [4.78, 5) is 43.4. The summed E-state index contributed by atoms with van der Waals surface area (Å²) in [6.07, 6.45) is 2.68. The van der Waals surface area contributed by atoms with E-state index in [1.54, 1.807) is 6.92 Å². The molecule has 0 fully saturated rings. The summed E-state index contributed by atoms with van der Waals surface area (Å²) in [6, 6.07) is 4.49. The lowest BCUT2D eigenvalue weighted by atomic mass is 10.2. The Morgan fingerprint density at radius 3 is 2.61 bits per heavy atom. The van der Waals surface area contributed by atoms with Gasteiger partial charge in [0.05, 0.1) is 6.20 Å². The zero-order valence-electron chi connectivity index (χ0n) is 14.8. The van der Waals surface area contributed by atoms with Crippen molar-refractivity contribution in [3.63, 3.8) is 0 Å². The first-order chi connectivity index (χ1) is 13.3. The van der Waals surface area contributed by atoms with E-state index in [9.17, 15) is 14.4 Å². The Morgan fingerprint density at radius 1 is 1.29 bits per heavy atom. The Bertz CT molecular complexity index is 1120. The second kappa shape index (κ2) is 7.53. The number of ether oxygens (including phenoxy) is 1. The lowest BCUT2D eigenvalue weighted by Gasteiger charge is -2.09. The van der Waals surface area contributed by atoms with Gasteiger partial charge in [0.2, 0.25) is 0 Å². The lowest BCUT2D eigenvalue weighted by molar-refractivity contribution is 0.0993. The van der Waals surface area contributed by atoms with Crippen molar-refractivity contribution in [3.05, 3.63) is 62.9 Å². The Kier molecular flexibility index (Phi) is 5.14. The number of carbonyl (C=O) groups is 2. The van der Waals surface area contributed by atoms with Gasteiger partial charge in [0.15, 0.2) is 0 Å². The Hall–Kier alpha value is -3.66. The van der Waals surface area contributed by atoms with Crippen LogP contribution in [0.25, 0.3) is 0 Å². The van der Waals surface area contributed by atoms with Gasteiger partial charge in [-0.15, -0.1) is 0 Å². The molecule has 0 saturated carbocycles. The predicted molar refractivity (Wildman–Crippen MR) is 101 cm³/mol. The summed E-state index contributed by atoms with van der Waals surface area (Å²) >= 11 is 6.05. The topological polar surface area (TPSA) is 145 Å². The van der Waals surface area contributed by atoms with Crippen LogP contribution < -0.4 is 21.3 Å². The second-order valence-corrected chi connectivity index (χ2v) is 6.13. The predicted octanol–water partition coefficient (Wildman–Crippen LogP) is 1.61. The van der Waals surface area contributed by atoms with Crippen LogP contribution in [0.3, 0.4) is 0 Å². The lowest BCUT2D eigenvalue weighted by Crippen LogP contribution is -2.23. The van der Waals surface area contributed by atoms with Crippen molar-refractivity contribution in [1.82, 2.24) is 19.7 Å². The molecule has 3 aromatic heterocycles. The van der Waals surface area contributed by atoms with Gasteiger partial charge >= 0.3 is 0 Å². The third-order valence-electron chi connectivity index (χ3n) is 3.75. The van der Waals surface area contributed by atoms with Gasteiger partial charge in [-0.25, -0.2) is 9.97 Å². The van der Waals surface area contributed by atoms with Crippen molar-refractivity contribution in [3.8, 4) is 11.5 Å². The largest absolute Gasteiger partial charge is 0.454 e. The van der Waals surface area contributed by atoms with Crippen molar-refractivity contribution < 1.29 is 14.3 Å². The van der Waals surface area contributed by atoms with Crippen molar-refractivity contribution in [1.29, 1.82) is 0 Å². The number of halogens is 1. The fourth-order valence-corrected chi connectivity index (χ4v) is 2.69. The number of hydrogen-bond acceptors (Lipinski definition) is 6. The maximum Gasteiger partial charge on any atom is 0.279 e. The number of aryl methyl sites for hydroxylation is 2. The highest BCUT2D eigenvalue weighted by Crippen LogP contribution is 2.30. The maximum atomic E-state index is 12.3. The standard InChI is InChI=1S/C17H15ClN6O4/c1-8-12(17(27)24(2)23-8)16(26)22-11-4-3-9(7-21-11)28-10-5-6-20-14(13(10)18)15(19)25/h3-7,23H,1-2H3,(H2,19,25)(H,21,22,26). The average Bonchev–Trinajstić information content (AvgIpc) is 2.90. The first kappa shape index (κ1) is 19.1. The summed E-state index contributed by atoms with van der Waals surface area (Å²) in [6.45, 7) is 1.62. The number of pyridine rings is 2. The second-order valence-electron chi connectivity index (χ2n) is 5.75. The van der Waals surface area contributed by atoms with Gasteiger partial charge in [-0.05, 0) is 19.1 Å². The number of nitrogens with zero attached hydrogens (tertiary/aromatic N) is 3. The van der Waals surface area contributed by atoms with E-state index in [2.05, 4.69) is 20.4 Å². The number of primary amides is 1. The van der Waals surface area contributed by atoms with Gasteiger partial charge in [0.25, 0.3) is 17.4 Å². The van der Waals surface area contributed by atoms with Crippen LogP contribution in [-0.2, 0) is 7.05 Å². The van der Waals surface area contributed by atoms with E-state index < -0.39 is 17.4 Å². The van der Waals surface area contributed by atoms with Crippen LogP contribution in [0.5, 0.6) is 11.5 Å². The number of anilines is 1.